The molecule has 0 bridgehead atoms. The van der Waals surface area contributed by atoms with Crippen LogP contribution in [0.3, 0.4) is 0 Å². The Labute approximate surface area is 119 Å². The van der Waals surface area contributed by atoms with Crippen LogP contribution in [-0.2, 0) is 0 Å². The summed E-state index contributed by atoms with van der Waals surface area (Å²) in [5.74, 6) is -1.07. The summed E-state index contributed by atoms with van der Waals surface area (Å²) in [6, 6.07) is 9.28. The molecular weight excluding hydrogens is 277 g/mol. The van der Waals surface area contributed by atoms with Gasteiger partial charge in [0.2, 0.25) is 0 Å². The summed E-state index contributed by atoms with van der Waals surface area (Å²) in [6.07, 6.45) is 0. The van der Waals surface area contributed by atoms with Crippen molar-refractivity contribution >= 4 is 23.0 Å². The molecule has 21 heavy (non-hydrogen) atoms. The second kappa shape index (κ2) is 6.00. The molecule has 0 unspecified atom stereocenters. The van der Waals surface area contributed by atoms with Crippen molar-refractivity contribution in [1.82, 2.24) is 0 Å². The first-order chi connectivity index (χ1) is 10.0. The fourth-order valence-electron chi connectivity index (χ4n) is 1.76. The molecule has 0 aliphatic rings. The predicted octanol–water partition coefficient (Wildman–Crippen LogP) is 3.03. The highest BCUT2D eigenvalue weighted by molar-refractivity contribution is 6.07. The van der Waals surface area contributed by atoms with E-state index in [1.165, 1.54) is 42.5 Å². The molecule has 2 aromatic carbocycles. The zero-order chi connectivity index (χ0) is 15.4. The minimum absolute atomic E-state index is 0.0730. The molecule has 0 fully saturated rings. The SMILES string of the molecule is CNc1ccc([N+](=O)[O-])c(C(=O)Nc2ccc(F)cc2)c1. The summed E-state index contributed by atoms with van der Waals surface area (Å²) in [7, 11) is 1.64. The minimum Gasteiger partial charge on any atom is -0.388 e. The third-order valence-corrected chi connectivity index (χ3v) is 2.83. The van der Waals surface area contributed by atoms with Crippen LogP contribution in [-0.4, -0.2) is 17.9 Å². The first kappa shape index (κ1) is 14.4. The largest absolute Gasteiger partial charge is 0.388 e. The lowest BCUT2D eigenvalue weighted by Crippen LogP contribution is -2.14. The van der Waals surface area contributed by atoms with Crippen LogP contribution in [0.5, 0.6) is 0 Å². The van der Waals surface area contributed by atoms with Gasteiger partial charge in [-0.05, 0) is 36.4 Å². The van der Waals surface area contributed by atoms with Crippen LogP contribution in [0.4, 0.5) is 21.5 Å². The lowest BCUT2D eigenvalue weighted by Gasteiger charge is -2.07. The third-order valence-electron chi connectivity index (χ3n) is 2.83. The Morgan fingerprint density at radius 3 is 2.33 bits per heavy atom. The Bertz CT molecular complexity index is 686. The molecule has 0 radical (unpaired) electrons. The van der Waals surface area contributed by atoms with Gasteiger partial charge in [-0.1, -0.05) is 0 Å². The molecule has 0 aliphatic heterocycles. The Hall–Kier alpha value is -2.96. The van der Waals surface area contributed by atoms with Gasteiger partial charge in [-0.25, -0.2) is 4.39 Å². The van der Waals surface area contributed by atoms with Crippen molar-refractivity contribution in [3.05, 3.63) is 64.0 Å². The van der Waals surface area contributed by atoms with Crippen LogP contribution >= 0.6 is 0 Å². The van der Waals surface area contributed by atoms with E-state index < -0.39 is 16.6 Å². The van der Waals surface area contributed by atoms with E-state index in [2.05, 4.69) is 10.6 Å². The topological polar surface area (TPSA) is 84.3 Å². The number of carbonyl (C=O) groups is 1. The summed E-state index contributed by atoms with van der Waals surface area (Å²) in [5.41, 5.74) is 0.556. The van der Waals surface area contributed by atoms with Gasteiger partial charge >= 0.3 is 0 Å². The number of hydrogen-bond acceptors (Lipinski definition) is 4. The number of nitro benzene ring substituents is 1. The van der Waals surface area contributed by atoms with Gasteiger partial charge in [0.25, 0.3) is 11.6 Å². The fraction of sp³-hybridized carbons (Fsp3) is 0.0714. The van der Waals surface area contributed by atoms with E-state index in [1.807, 2.05) is 0 Å². The average Bonchev–Trinajstić information content (AvgIpc) is 2.48. The molecule has 0 spiro atoms. The molecule has 6 nitrogen and oxygen atoms in total. The van der Waals surface area contributed by atoms with Gasteiger partial charge in [-0.15, -0.1) is 0 Å². The van der Waals surface area contributed by atoms with Gasteiger partial charge in [0, 0.05) is 24.5 Å². The van der Waals surface area contributed by atoms with Crippen molar-refractivity contribution in [2.75, 3.05) is 17.7 Å². The number of carbonyl (C=O) groups excluding carboxylic acids is 1. The summed E-state index contributed by atoms with van der Waals surface area (Å²) in [6.45, 7) is 0. The van der Waals surface area contributed by atoms with Crippen LogP contribution in [0.1, 0.15) is 10.4 Å². The Balaban J connectivity index is 2.33. The zero-order valence-corrected chi connectivity index (χ0v) is 11.1. The summed E-state index contributed by atoms with van der Waals surface area (Å²) in [5, 5.41) is 16.3. The average molecular weight is 289 g/mol. The number of hydrogen-bond donors (Lipinski definition) is 2. The smallest absolute Gasteiger partial charge is 0.282 e. The minimum atomic E-state index is -0.634. The Morgan fingerprint density at radius 1 is 1.14 bits per heavy atom. The maximum atomic E-state index is 12.8. The Morgan fingerprint density at radius 2 is 1.76 bits per heavy atom. The van der Waals surface area contributed by atoms with Gasteiger partial charge < -0.3 is 10.6 Å². The molecule has 0 aromatic heterocycles. The molecule has 0 aliphatic carbocycles. The highest BCUT2D eigenvalue weighted by atomic mass is 19.1. The van der Waals surface area contributed by atoms with Crippen molar-refractivity contribution in [2.24, 2.45) is 0 Å². The van der Waals surface area contributed by atoms with Gasteiger partial charge in [0.1, 0.15) is 11.4 Å². The summed E-state index contributed by atoms with van der Waals surface area (Å²) in [4.78, 5) is 22.5. The number of benzene rings is 2. The van der Waals surface area contributed by atoms with E-state index in [1.54, 1.807) is 7.05 Å². The number of halogens is 1. The lowest BCUT2D eigenvalue weighted by molar-refractivity contribution is -0.385. The van der Waals surface area contributed by atoms with Crippen molar-refractivity contribution in [2.45, 2.75) is 0 Å². The van der Waals surface area contributed by atoms with E-state index in [9.17, 15) is 19.3 Å². The van der Waals surface area contributed by atoms with E-state index in [0.29, 0.717) is 11.4 Å². The van der Waals surface area contributed by atoms with Gasteiger partial charge in [0.05, 0.1) is 4.92 Å². The number of rotatable bonds is 4. The second-order valence-corrected chi connectivity index (χ2v) is 4.20. The third kappa shape index (κ3) is 3.33. The molecular formula is C14H12FN3O3. The molecule has 0 saturated carbocycles. The van der Waals surface area contributed by atoms with Gasteiger partial charge in [-0.2, -0.15) is 0 Å². The first-order valence-corrected chi connectivity index (χ1v) is 6.04. The maximum Gasteiger partial charge on any atom is 0.282 e. The molecule has 2 aromatic rings. The molecule has 2 rings (SSSR count). The van der Waals surface area contributed by atoms with Crippen molar-refractivity contribution < 1.29 is 14.1 Å². The fourth-order valence-corrected chi connectivity index (χ4v) is 1.76. The highest BCUT2D eigenvalue weighted by Crippen LogP contribution is 2.23. The number of amides is 1. The van der Waals surface area contributed by atoms with Crippen LogP contribution in [0.15, 0.2) is 42.5 Å². The van der Waals surface area contributed by atoms with E-state index >= 15 is 0 Å². The number of anilines is 2. The molecule has 1 amide bonds. The number of nitrogens with one attached hydrogen (secondary N) is 2. The zero-order valence-electron chi connectivity index (χ0n) is 11.1. The van der Waals surface area contributed by atoms with Crippen molar-refractivity contribution in [1.29, 1.82) is 0 Å². The normalized spacial score (nSPS) is 10.0. The maximum absolute atomic E-state index is 12.8. The van der Waals surface area contributed by atoms with E-state index in [-0.39, 0.29) is 11.3 Å². The summed E-state index contributed by atoms with van der Waals surface area (Å²) < 4.78 is 12.8. The van der Waals surface area contributed by atoms with Gasteiger partial charge in [0.15, 0.2) is 0 Å². The monoisotopic (exact) mass is 289 g/mol. The van der Waals surface area contributed by atoms with Gasteiger partial charge in [-0.3, -0.25) is 14.9 Å². The standard InChI is InChI=1S/C14H12FN3O3/c1-16-11-6-7-13(18(20)21)12(8-11)14(19)17-10-4-2-9(15)3-5-10/h2-8,16H,1H3,(H,17,19). The van der Waals surface area contributed by atoms with Crippen molar-refractivity contribution in [3.8, 4) is 0 Å². The molecule has 0 atom stereocenters. The number of nitro groups is 1. The van der Waals surface area contributed by atoms with Crippen LogP contribution in [0.25, 0.3) is 0 Å². The molecule has 0 saturated heterocycles. The second-order valence-electron chi connectivity index (χ2n) is 4.20. The van der Waals surface area contributed by atoms with Crippen LogP contribution in [0, 0.1) is 15.9 Å². The highest BCUT2D eigenvalue weighted by Gasteiger charge is 2.20. The van der Waals surface area contributed by atoms with Crippen LogP contribution in [0.2, 0.25) is 0 Å². The molecule has 0 heterocycles. The predicted molar refractivity (Wildman–Crippen MR) is 77.0 cm³/mol. The molecule has 108 valence electrons. The lowest BCUT2D eigenvalue weighted by atomic mass is 10.1. The van der Waals surface area contributed by atoms with E-state index in [4.69, 9.17) is 0 Å². The first-order valence-electron chi connectivity index (χ1n) is 6.04. The van der Waals surface area contributed by atoms with Crippen LogP contribution < -0.4 is 10.6 Å². The van der Waals surface area contributed by atoms with Crippen molar-refractivity contribution in [3.63, 3.8) is 0 Å². The van der Waals surface area contributed by atoms with E-state index in [0.717, 1.165) is 0 Å². The molecule has 2 N–H and O–H groups in total. The summed E-state index contributed by atoms with van der Waals surface area (Å²) >= 11 is 0. The molecule has 7 heteroatoms. The quantitative estimate of drug-likeness (QED) is 0.669. The number of nitrogens with zero attached hydrogens (tertiary/aromatic N) is 1. The Kier molecular flexibility index (Phi) is 4.13.